The Bertz CT molecular complexity index is 813. The molecular formula is C24H29IrNO2-2. The molecule has 2 aliphatic rings. The van der Waals surface area contributed by atoms with Crippen molar-refractivity contribution in [2.24, 2.45) is 5.92 Å². The Hall–Kier alpha value is -1.48. The Morgan fingerprint density at radius 2 is 1.82 bits per heavy atom. The predicted molar refractivity (Wildman–Crippen MR) is 111 cm³/mol. The molecule has 1 N–H and O–H groups in total. The van der Waals surface area contributed by atoms with Crippen molar-refractivity contribution in [1.82, 2.24) is 0 Å². The molecule has 2 aromatic rings. The molecule has 1 radical (unpaired) electrons. The summed E-state index contributed by atoms with van der Waals surface area (Å²) < 4.78 is 0. The van der Waals surface area contributed by atoms with Gasteiger partial charge in [-0.2, -0.15) is 23.8 Å². The van der Waals surface area contributed by atoms with E-state index in [-0.39, 0.29) is 31.6 Å². The maximum Gasteiger partial charge on any atom is 0.155 e. The first kappa shape index (κ1) is 22.8. The van der Waals surface area contributed by atoms with Crippen molar-refractivity contribution in [3.63, 3.8) is 0 Å². The molecule has 0 aromatic heterocycles. The van der Waals surface area contributed by atoms with Gasteiger partial charge in [0.25, 0.3) is 0 Å². The van der Waals surface area contributed by atoms with Gasteiger partial charge in [0.05, 0.1) is 5.76 Å². The molecule has 3 nitrogen and oxygen atoms in total. The average Bonchev–Trinajstić information content (AvgIpc) is 2.66. The molecule has 0 amide bonds. The second kappa shape index (κ2) is 10.9. The summed E-state index contributed by atoms with van der Waals surface area (Å²) in [5, 5.41) is 16.1. The van der Waals surface area contributed by atoms with E-state index in [9.17, 15) is 4.79 Å². The number of carbonyl (C=O) groups is 1. The third-order valence-corrected chi connectivity index (χ3v) is 5.52. The SMILES string of the molecule is CC(=O)/C=C(/C)O.[Ir].[c-]1cc2ccccc2cc1C1CCC2CCCCC2[N-]1. The molecule has 2 aromatic carbocycles. The summed E-state index contributed by atoms with van der Waals surface area (Å²) in [5.74, 6) is 0.813. The summed E-state index contributed by atoms with van der Waals surface area (Å²) in [6, 6.07) is 17.5. The molecule has 3 atom stereocenters. The van der Waals surface area contributed by atoms with Crippen LogP contribution in [-0.4, -0.2) is 16.9 Å². The van der Waals surface area contributed by atoms with Gasteiger partial charge >= 0.3 is 0 Å². The third-order valence-electron chi connectivity index (χ3n) is 5.52. The van der Waals surface area contributed by atoms with Crippen molar-refractivity contribution >= 4 is 16.6 Å². The first-order chi connectivity index (χ1) is 13.0. The van der Waals surface area contributed by atoms with E-state index >= 15 is 0 Å². The number of nitrogens with zero attached hydrogens (tertiary/aromatic N) is 1. The molecule has 4 heteroatoms. The topological polar surface area (TPSA) is 51.4 Å². The second-order valence-corrected chi connectivity index (χ2v) is 7.77. The van der Waals surface area contributed by atoms with E-state index in [4.69, 9.17) is 10.4 Å². The summed E-state index contributed by atoms with van der Waals surface area (Å²) in [6.45, 7) is 2.85. The van der Waals surface area contributed by atoms with Crippen LogP contribution < -0.4 is 0 Å². The van der Waals surface area contributed by atoms with Crippen LogP contribution in [0.1, 0.15) is 64.0 Å². The zero-order valence-corrected chi connectivity index (χ0v) is 19.0. The van der Waals surface area contributed by atoms with Gasteiger partial charge in [0, 0.05) is 26.2 Å². The van der Waals surface area contributed by atoms with Crippen LogP contribution in [0.3, 0.4) is 0 Å². The van der Waals surface area contributed by atoms with Crippen LogP contribution in [0.4, 0.5) is 0 Å². The van der Waals surface area contributed by atoms with Crippen molar-refractivity contribution in [3.05, 3.63) is 65.2 Å². The van der Waals surface area contributed by atoms with E-state index in [1.807, 2.05) is 0 Å². The maximum absolute atomic E-state index is 10.0. The minimum absolute atomic E-state index is 0. The van der Waals surface area contributed by atoms with Crippen molar-refractivity contribution in [1.29, 1.82) is 0 Å². The van der Waals surface area contributed by atoms with Crippen LogP contribution in [0.15, 0.2) is 48.2 Å². The smallest absolute Gasteiger partial charge is 0.155 e. The van der Waals surface area contributed by atoms with Gasteiger partial charge in [-0.25, -0.2) is 0 Å². The van der Waals surface area contributed by atoms with E-state index in [1.54, 1.807) is 0 Å². The molecule has 153 valence electrons. The Morgan fingerprint density at radius 3 is 2.50 bits per heavy atom. The van der Waals surface area contributed by atoms with E-state index < -0.39 is 0 Å². The Balaban J connectivity index is 0.000000306. The molecule has 1 saturated heterocycles. The summed E-state index contributed by atoms with van der Waals surface area (Å²) in [6.07, 6.45) is 9.26. The standard InChI is InChI=1S/C19H21N.C5H8O2.Ir/c1-2-7-16-13-17(10-9-14(16)5-1)19-12-11-15-6-3-4-8-18(15)20-19;1-4(6)3-5(2)7;/h1-2,5,7,9,13,15,18-19H,3-4,6,8,11-12H2;3,6H,1-2H3;/q-2;;/b;4-3-;. The van der Waals surface area contributed by atoms with E-state index in [2.05, 4.69) is 42.5 Å². The third kappa shape index (κ3) is 6.27. The van der Waals surface area contributed by atoms with Gasteiger partial charge in [-0.05, 0) is 13.8 Å². The molecule has 0 spiro atoms. The van der Waals surface area contributed by atoms with Crippen LogP contribution in [0.2, 0.25) is 0 Å². The fourth-order valence-corrected chi connectivity index (χ4v) is 4.27. The average molecular weight is 556 g/mol. The zero-order chi connectivity index (χ0) is 19.2. The van der Waals surface area contributed by atoms with Crippen LogP contribution in [0, 0.1) is 12.0 Å². The van der Waals surface area contributed by atoms with Crippen LogP contribution >= 0.6 is 0 Å². The normalized spacial score (nSPS) is 24.4. The monoisotopic (exact) mass is 556 g/mol. The van der Waals surface area contributed by atoms with Gasteiger partial charge in [-0.1, -0.05) is 62.6 Å². The summed E-state index contributed by atoms with van der Waals surface area (Å²) in [5.41, 5.74) is 1.30. The van der Waals surface area contributed by atoms with Crippen molar-refractivity contribution < 1.29 is 30.0 Å². The Labute approximate surface area is 182 Å². The number of hydrogen-bond donors (Lipinski definition) is 1. The Morgan fingerprint density at radius 1 is 1.11 bits per heavy atom. The molecular weight excluding hydrogens is 526 g/mol. The largest absolute Gasteiger partial charge is 0.654 e. The minimum Gasteiger partial charge on any atom is -0.654 e. The molecule has 1 heterocycles. The molecule has 3 unspecified atom stereocenters. The molecule has 0 bridgehead atoms. The second-order valence-electron chi connectivity index (χ2n) is 7.77. The molecule has 1 aliphatic carbocycles. The predicted octanol–water partition coefficient (Wildman–Crippen LogP) is 6.44. The maximum atomic E-state index is 10.0. The van der Waals surface area contributed by atoms with Gasteiger partial charge in [0.2, 0.25) is 0 Å². The number of fused-ring (bicyclic) bond motifs is 2. The number of benzene rings is 2. The van der Waals surface area contributed by atoms with Crippen LogP contribution in [-0.2, 0) is 24.9 Å². The minimum atomic E-state index is -0.125. The van der Waals surface area contributed by atoms with Gasteiger partial charge in [-0.3, -0.25) is 4.79 Å². The first-order valence-electron chi connectivity index (χ1n) is 10.0. The molecule has 1 aliphatic heterocycles. The number of rotatable bonds is 2. The number of hydrogen-bond acceptors (Lipinski definition) is 2. The fraction of sp³-hybridized carbons (Fsp3) is 0.458. The zero-order valence-electron chi connectivity index (χ0n) is 16.7. The van der Waals surface area contributed by atoms with E-state index in [0.29, 0.717) is 12.1 Å². The van der Waals surface area contributed by atoms with Crippen LogP contribution in [0.25, 0.3) is 16.1 Å². The van der Waals surface area contributed by atoms with Crippen molar-refractivity contribution in [2.45, 2.75) is 64.5 Å². The van der Waals surface area contributed by atoms with Gasteiger partial charge < -0.3 is 10.4 Å². The van der Waals surface area contributed by atoms with Gasteiger partial charge in [-0.15, -0.1) is 28.9 Å². The number of aliphatic hydroxyl groups is 1. The molecule has 4 rings (SSSR count). The first-order valence-corrected chi connectivity index (χ1v) is 10.0. The summed E-state index contributed by atoms with van der Waals surface area (Å²) >= 11 is 0. The van der Waals surface area contributed by atoms with E-state index in [1.165, 1.54) is 74.8 Å². The fourth-order valence-electron chi connectivity index (χ4n) is 4.27. The molecule has 1 saturated carbocycles. The number of allylic oxidation sites excluding steroid dienone is 2. The summed E-state index contributed by atoms with van der Waals surface area (Å²) in [4.78, 5) is 10.0. The number of ketones is 1. The molecule has 2 fully saturated rings. The van der Waals surface area contributed by atoms with E-state index in [0.717, 1.165) is 5.92 Å². The Kier molecular flexibility index (Phi) is 8.88. The quantitative estimate of drug-likeness (QED) is 0.263. The van der Waals surface area contributed by atoms with Crippen molar-refractivity contribution in [2.75, 3.05) is 0 Å². The van der Waals surface area contributed by atoms with Crippen molar-refractivity contribution in [3.8, 4) is 0 Å². The van der Waals surface area contributed by atoms with Gasteiger partial charge in [0.1, 0.15) is 0 Å². The number of piperidine rings is 1. The summed E-state index contributed by atoms with van der Waals surface area (Å²) in [7, 11) is 0. The number of carbonyl (C=O) groups excluding carboxylic acids is 1. The molecule has 28 heavy (non-hydrogen) atoms. The van der Waals surface area contributed by atoms with Crippen LogP contribution in [0.5, 0.6) is 0 Å². The number of aliphatic hydroxyl groups excluding tert-OH is 1. The van der Waals surface area contributed by atoms with Gasteiger partial charge in [0.15, 0.2) is 5.78 Å².